The van der Waals surface area contributed by atoms with Crippen molar-refractivity contribution in [2.75, 3.05) is 36.4 Å². The molecule has 0 aliphatic carbocycles. The highest BCUT2D eigenvalue weighted by atomic mass is 16.6. The predicted molar refractivity (Wildman–Crippen MR) is 137 cm³/mol. The molecule has 2 amide bonds. The predicted octanol–water partition coefficient (Wildman–Crippen LogP) is 5.26. The van der Waals surface area contributed by atoms with Crippen LogP contribution in [0.5, 0.6) is 0 Å². The van der Waals surface area contributed by atoms with E-state index < -0.39 is 10.8 Å². The number of hydrogen-bond donors (Lipinski definition) is 1. The summed E-state index contributed by atoms with van der Waals surface area (Å²) in [6.07, 6.45) is 4.15. The van der Waals surface area contributed by atoms with Crippen LogP contribution in [0.25, 0.3) is 0 Å². The number of nitrogens with one attached hydrogen (secondary N) is 1. The molecule has 0 atom stereocenters. The summed E-state index contributed by atoms with van der Waals surface area (Å²) in [6, 6.07) is 9.91. The number of nitrogens with zero attached hydrogens (tertiary/aromatic N) is 3. The first kappa shape index (κ1) is 24.7. The first-order chi connectivity index (χ1) is 16.7. The molecule has 35 heavy (non-hydrogen) atoms. The van der Waals surface area contributed by atoms with Gasteiger partial charge in [-0.05, 0) is 68.7 Å². The standard InChI is InChI=1S/C27H34N4O4/c1-18-8-12-29(13-9-18)24-7-6-22(17-23(24)27(33)30-14-10-19(2)11-15-30)28-26(32)21-5-4-20(3)25(16-21)31(34)35/h4-7,16-19H,8-15H2,1-3H3,(H,28,32). The third-order valence-electron chi connectivity index (χ3n) is 7.35. The Bertz CT molecular complexity index is 1120. The first-order valence-electron chi connectivity index (χ1n) is 12.5. The quantitative estimate of drug-likeness (QED) is 0.467. The number of carbonyl (C=O) groups is 2. The van der Waals surface area contributed by atoms with E-state index in [1.807, 2.05) is 17.0 Å². The third-order valence-corrected chi connectivity index (χ3v) is 7.35. The van der Waals surface area contributed by atoms with Gasteiger partial charge in [-0.2, -0.15) is 0 Å². The third kappa shape index (κ3) is 5.63. The lowest BCUT2D eigenvalue weighted by atomic mass is 9.96. The van der Waals surface area contributed by atoms with Crippen LogP contribution in [0.4, 0.5) is 17.1 Å². The summed E-state index contributed by atoms with van der Waals surface area (Å²) in [4.78, 5) is 41.5. The number of rotatable bonds is 5. The van der Waals surface area contributed by atoms with Gasteiger partial charge in [-0.1, -0.05) is 19.9 Å². The van der Waals surface area contributed by atoms with Crippen LogP contribution >= 0.6 is 0 Å². The second-order valence-electron chi connectivity index (χ2n) is 10.1. The Morgan fingerprint density at radius 3 is 2.20 bits per heavy atom. The number of piperidine rings is 2. The Kier molecular flexibility index (Phi) is 7.38. The zero-order valence-corrected chi connectivity index (χ0v) is 20.8. The lowest BCUT2D eigenvalue weighted by Gasteiger charge is -2.35. The summed E-state index contributed by atoms with van der Waals surface area (Å²) in [6.45, 7) is 9.38. The molecular weight excluding hydrogens is 444 g/mol. The Morgan fingerprint density at radius 2 is 1.57 bits per heavy atom. The van der Waals surface area contributed by atoms with Gasteiger partial charge in [0.05, 0.1) is 10.5 Å². The molecule has 8 heteroatoms. The van der Waals surface area contributed by atoms with E-state index >= 15 is 0 Å². The normalized spacial score (nSPS) is 17.3. The number of aryl methyl sites for hydroxylation is 1. The number of anilines is 2. The number of likely N-dealkylation sites (tertiary alicyclic amines) is 1. The summed E-state index contributed by atoms with van der Waals surface area (Å²) in [7, 11) is 0. The van der Waals surface area contributed by atoms with Gasteiger partial charge in [-0.3, -0.25) is 19.7 Å². The molecule has 2 aliphatic rings. The first-order valence-corrected chi connectivity index (χ1v) is 12.5. The molecule has 8 nitrogen and oxygen atoms in total. The zero-order valence-electron chi connectivity index (χ0n) is 20.8. The molecule has 2 heterocycles. The lowest BCUT2D eigenvalue weighted by molar-refractivity contribution is -0.385. The van der Waals surface area contributed by atoms with E-state index in [1.54, 1.807) is 25.1 Å². The maximum Gasteiger partial charge on any atom is 0.273 e. The van der Waals surface area contributed by atoms with E-state index in [0.29, 0.717) is 28.7 Å². The molecule has 1 N–H and O–H groups in total. The van der Waals surface area contributed by atoms with Gasteiger partial charge in [0.15, 0.2) is 0 Å². The highest BCUT2D eigenvalue weighted by Gasteiger charge is 2.27. The minimum atomic E-state index is -0.489. The Hall–Kier alpha value is -3.42. The van der Waals surface area contributed by atoms with Gasteiger partial charge in [-0.15, -0.1) is 0 Å². The Labute approximate surface area is 206 Å². The van der Waals surface area contributed by atoms with Crippen molar-refractivity contribution in [3.8, 4) is 0 Å². The van der Waals surface area contributed by atoms with Crippen molar-refractivity contribution in [1.29, 1.82) is 0 Å². The molecular formula is C27H34N4O4. The maximum atomic E-state index is 13.6. The SMILES string of the molecule is Cc1ccc(C(=O)Nc2ccc(N3CCC(C)CC3)c(C(=O)N3CCC(C)CC3)c2)cc1[N+](=O)[O-]. The summed E-state index contributed by atoms with van der Waals surface area (Å²) >= 11 is 0. The van der Waals surface area contributed by atoms with Crippen molar-refractivity contribution in [3.05, 3.63) is 63.2 Å². The summed E-state index contributed by atoms with van der Waals surface area (Å²) in [5.41, 5.74) is 2.61. The molecule has 2 aromatic carbocycles. The fourth-order valence-corrected chi connectivity index (χ4v) is 4.84. The van der Waals surface area contributed by atoms with Crippen LogP contribution in [0.15, 0.2) is 36.4 Å². The van der Waals surface area contributed by atoms with Crippen molar-refractivity contribution in [3.63, 3.8) is 0 Å². The van der Waals surface area contributed by atoms with Crippen molar-refractivity contribution < 1.29 is 14.5 Å². The average Bonchev–Trinajstić information content (AvgIpc) is 2.84. The maximum absolute atomic E-state index is 13.6. The summed E-state index contributed by atoms with van der Waals surface area (Å²) in [5, 5.41) is 14.1. The van der Waals surface area contributed by atoms with Gasteiger partial charge in [0.25, 0.3) is 17.5 Å². The molecule has 0 bridgehead atoms. The molecule has 0 unspecified atom stereocenters. The van der Waals surface area contributed by atoms with Crippen molar-refractivity contribution in [1.82, 2.24) is 4.90 Å². The number of carbonyl (C=O) groups excluding carboxylic acids is 2. The van der Waals surface area contributed by atoms with Crippen LogP contribution in [0.2, 0.25) is 0 Å². The number of amides is 2. The Morgan fingerprint density at radius 1 is 0.943 bits per heavy atom. The number of nitro groups is 1. The van der Waals surface area contributed by atoms with E-state index in [1.165, 1.54) is 6.07 Å². The smallest absolute Gasteiger partial charge is 0.273 e. The zero-order chi connectivity index (χ0) is 25.1. The van der Waals surface area contributed by atoms with Crippen LogP contribution < -0.4 is 10.2 Å². The van der Waals surface area contributed by atoms with Crippen LogP contribution in [0, 0.1) is 28.9 Å². The van der Waals surface area contributed by atoms with Crippen molar-refractivity contribution >= 4 is 28.9 Å². The molecule has 0 radical (unpaired) electrons. The highest BCUT2D eigenvalue weighted by molar-refractivity contribution is 6.06. The van der Waals surface area contributed by atoms with Crippen molar-refractivity contribution in [2.24, 2.45) is 11.8 Å². The van der Waals surface area contributed by atoms with Crippen LogP contribution in [-0.2, 0) is 0 Å². The van der Waals surface area contributed by atoms with E-state index in [0.717, 1.165) is 57.5 Å². The fourth-order valence-electron chi connectivity index (χ4n) is 4.84. The minimum Gasteiger partial charge on any atom is -0.371 e. The summed E-state index contributed by atoms with van der Waals surface area (Å²) in [5.74, 6) is 0.836. The van der Waals surface area contributed by atoms with E-state index in [-0.39, 0.29) is 17.2 Å². The monoisotopic (exact) mass is 478 g/mol. The highest BCUT2D eigenvalue weighted by Crippen LogP contribution is 2.31. The second kappa shape index (κ2) is 10.5. The van der Waals surface area contributed by atoms with Gasteiger partial charge >= 0.3 is 0 Å². The van der Waals surface area contributed by atoms with Crippen LogP contribution in [-0.4, -0.2) is 47.8 Å². The lowest BCUT2D eigenvalue weighted by Crippen LogP contribution is -2.40. The molecule has 0 saturated carbocycles. The summed E-state index contributed by atoms with van der Waals surface area (Å²) < 4.78 is 0. The van der Waals surface area contributed by atoms with Gasteiger partial charge in [0, 0.05) is 54.7 Å². The molecule has 0 spiro atoms. The van der Waals surface area contributed by atoms with Crippen LogP contribution in [0.3, 0.4) is 0 Å². The number of nitro benzene ring substituents is 1. The van der Waals surface area contributed by atoms with Gasteiger partial charge in [0.1, 0.15) is 0 Å². The van der Waals surface area contributed by atoms with E-state index in [9.17, 15) is 19.7 Å². The molecule has 186 valence electrons. The Balaban J connectivity index is 1.61. The largest absolute Gasteiger partial charge is 0.371 e. The molecule has 2 aromatic rings. The van der Waals surface area contributed by atoms with E-state index in [4.69, 9.17) is 0 Å². The topological polar surface area (TPSA) is 95.8 Å². The van der Waals surface area contributed by atoms with E-state index in [2.05, 4.69) is 24.1 Å². The molecule has 2 fully saturated rings. The minimum absolute atomic E-state index is 0.00686. The van der Waals surface area contributed by atoms with Crippen LogP contribution in [0.1, 0.15) is 65.8 Å². The number of hydrogen-bond acceptors (Lipinski definition) is 5. The van der Waals surface area contributed by atoms with Crippen molar-refractivity contribution in [2.45, 2.75) is 46.5 Å². The molecule has 4 rings (SSSR count). The average molecular weight is 479 g/mol. The molecule has 2 saturated heterocycles. The fraction of sp³-hybridized carbons (Fsp3) is 0.481. The van der Waals surface area contributed by atoms with Gasteiger partial charge in [0.2, 0.25) is 0 Å². The van der Waals surface area contributed by atoms with Gasteiger partial charge < -0.3 is 15.1 Å². The second-order valence-corrected chi connectivity index (χ2v) is 10.1. The molecule has 2 aliphatic heterocycles. The van der Waals surface area contributed by atoms with Gasteiger partial charge in [-0.25, -0.2) is 0 Å². The molecule has 0 aromatic heterocycles. The number of benzene rings is 2.